The van der Waals surface area contributed by atoms with Crippen LogP contribution in [0.4, 0.5) is 4.39 Å². The second kappa shape index (κ2) is 9.21. The number of hydrogen-bond donors (Lipinski definition) is 2. The first-order valence-corrected chi connectivity index (χ1v) is 11.1. The van der Waals surface area contributed by atoms with Gasteiger partial charge in [0.1, 0.15) is 29.6 Å². The van der Waals surface area contributed by atoms with E-state index in [4.69, 9.17) is 4.74 Å². The number of carbonyl (C=O) groups is 1. The Bertz CT molecular complexity index is 1350. The lowest BCUT2D eigenvalue weighted by atomic mass is 9.92. The van der Waals surface area contributed by atoms with Crippen molar-refractivity contribution in [2.24, 2.45) is 0 Å². The van der Waals surface area contributed by atoms with Crippen LogP contribution < -0.4 is 15.4 Å². The van der Waals surface area contributed by atoms with Crippen LogP contribution in [0, 0.1) is 5.82 Å². The quantitative estimate of drug-likeness (QED) is 0.449. The summed E-state index contributed by atoms with van der Waals surface area (Å²) < 4.78 is 22.4. The summed E-state index contributed by atoms with van der Waals surface area (Å²) in [6, 6.07) is 19.6. The average Bonchev–Trinajstić information content (AvgIpc) is 3.30. The molecule has 0 fully saturated rings. The molecule has 1 aliphatic heterocycles. The Morgan fingerprint density at radius 2 is 1.94 bits per heavy atom. The average molecular weight is 457 g/mol. The lowest BCUT2D eigenvalue weighted by molar-refractivity contribution is 0.0920. The molecule has 172 valence electrons. The molecule has 0 saturated heterocycles. The summed E-state index contributed by atoms with van der Waals surface area (Å²) in [6.45, 7) is 1.06. The van der Waals surface area contributed by atoms with E-state index >= 15 is 4.39 Å². The summed E-state index contributed by atoms with van der Waals surface area (Å²) in [4.78, 5) is 17.9. The Morgan fingerprint density at radius 1 is 1.15 bits per heavy atom. The second-order valence-electron chi connectivity index (χ2n) is 8.21. The van der Waals surface area contributed by atoms with E-state index in [1.807, 2.05) is 61.6 Å². The zero-order chi connectivity index (χ0) is 23.7. The van der Waals surface area contributed by atoms with Gasteiger partial charge in [-0.3, -0.25) is 14.7 Å². The number of nitrogens with one attached hydrogen (secondary N) is 2. The van der Waals surface area contributed by atoms with Crippen molar-refractivity contribution in [3.8, 4) is 22.6 Å². The van der Waals surface area contributed by atoms with Crippen LogP contribution >= 0.6 is 0 Å². The molecule has 2 heterocycles. The van der Waals surface area contributed by atoms with Crippen molar-refractivity contribution in [2.45, 2.75) is 19.1 Å². The van der Waals surface area contributed by atoms with Crippen molar-refractivity contribution in [1.82, 2.24) is 20.2 Å². The van der Waals surface area contributed by atoms with Crippen LogP contribution in [0.3, 0.4) is 0 Å². The summed E-state index contributed by atoms with van der Waals surface area (Å²) in [7, 11) is 3.48. The molecule has 1 atom stereocenters. The Morgan fingerprint density at radius 3 is 2.68 bits per heavy atom. The van der Waals surface area contributed by atoms with E-state index in [1.54, 1.807) is 24.1 Å². The summed E-state index contributed by atoms with van der Waals surface area (Å²) in [5.41, 5.74) is 5.06. The fourth-order valence-electron chi connectivity index (χ4n) is 4.47. The van der Waals surface area contributed by atoms with Crippen molar-refractivity contribution in [3.05, 3.63) is 101 Å². The number of aromatic nitrogens is 2. The Hall–Kier alpha value is -3.81. The Labute approximate surface area is 197 Å². The maximum absolute atomic E-state index is 15.4. The highest BCUT2D eigenvalue weighted by atomic mass is 19.1. The molecule has 7 heteroatoms. The molecule has 4 aromatic rings. The first-order valence-electron chi connectivity index (χ1n) is 11.1. The standard InChI is InChI=1S/C27H25FN4O2/c1-29-14-18-5-3-4-6-21(18)17-7-12-22(23(28)13-17)25-27(33)26-24(15-30-25)31-16-32(26)19-8-10-20(34-2)11-9-19/h3-13,16,25,29-30H,14-15H2,1-2H3. The zero-order valence-corrected chi connectivity index (χ0v) is 19.0. The number of halogens is 1. The second-order valence-corrected chi connectivity index (χ2v) is 8.21. The molecule has 0 spiro atoms. The molecule has 1 aliphatic rings. The number of methoxy groups -OCH3 is 1. The summed E-state index contributed by atoms with van der Waals surface area (Å²) in [5, 5.41) is 6.31. The van der Waals surface area contributed by atoms with E-state index in [2.05, 4.69) is 15.6 Å². The van der Waals surface area contributed by atoms with Crippen LogP contribution in [0.2, 0.25) is 0 Å². The molecule has 0 radical (unpaired) electrons. The van der Waals surface area contributed by atoms with Gasteiger partial charge in [0, 0.05) is 24.3 Å². The number of fused-ring (bicyclic) bond motifs is 1. The molecule has 1 aromatic heterocycles. The van der Waals surface area contributed by atoms with Crippen LogP contribution in [0.25, 0.3) is 16.8 Å². The highest BCUT2D eigenvalue weighted by Gasteiger charge is 2.34. The molecule has 0 aliphatic carbocycles. The lowest BCUT2D eigenvalue weighted by Crippen LogP contribution is -2.36. The van der Waals surface area contributed by atoms with E-state index < -0.39 is 11.9 Å². The number of imidazole rings is 1. The van der Waals surface area contributed by atoms with Gasteiger partial charge in [-0.05, 0) is 54.1 Å². The fraction of sp³-hybridized carbons (Fsp3) is 0.185. The number of hydrogen-bond acceptors (Lipinski definition) is 5. The smallest absolute Gasteiger partial charge is 0.203 e. The van der Waals surface area contributed by atoms with Gasteiger partial charge in [0.05, 0.1) is 12.8 Å². The first kappa shape index (κ1) is 22.0. The van der Waals surface area contributed by atoms with Gasteiger partial charge < -0.3 is 10.1 Å². The van der Waals surface area contributed by atoms with E-state index in [-0.39, 0.29) is 5.78 Å². The van der Waals surface area contributed by atoms with Crippen molar-refractivity contribution < 1.29 is 13.9 Å². The number of rotatable bonds is 6. The third-order valence-corrected chi connectivity index (χ3v) is 6.17. The first-order chi connectivity index (χ1) is 16.6. The molecule has 0 saturated carbocycles. The highest BCUT2D eigenvalue weighted by Crippen LogP contribution is 2.32. The minimum absolute atomic E-state index is 0.211. The van der Waals surface area contributed by atoms with Gasteiger partial charge in [-0.25, -0.2) is 9.37 Å². The van der Waals surface area contributed by atoms with Crippen LogP contribution in [0.1, 0.15) is 33.4 Å². The minimum atomic E-state index is -0.789. The predicted molar refractivity (Wildman–Crippen MR) is 129 cm³/mol. The van der Waals surface area contributed by atoms with Gasteiger partial charge >= 0.3 is 0 Å². The maximum Gasteiger partial charge on any atom is 0.203 e. The molecule has 1 unspecified atom stereocenters. The van der Waals surface area contributed by atoms with Crippen LogP contribution in [-0.4, -0.2) is 29.5 Å². The van der Waals surface area contributed by atoms with Gasteiger partial charge in [0.25, 0.3) is 0 Å². The van der Waals surface area contributed by atoms with E-state index in [0.29, 0.717) is 30.0 Å². The van der Waals surface area contributed by atoms with Crippen molar-refractivity contribution in [3.63, 3.8) is 0 Å². The number of Topliss-reactive ketones (excluding diaryl/α,β-unsaturated/α-hetero) is 1. The van der Waals surface area contributed by atoms with E-state index in [0.717, 1.165) is 28.1 Å². The Balaban J connectivity index is 1.48. The van der Waals surface area contributed by atoms with Crippen molar-refractivity contribution in [2.75, 3.05) is 14.2 Å². The van der Waals surface area contributed by atoms with Gasteiger partial charge in [-0.15, -0.1) is 0 Å². The molecule has 3 aromatic carbocycles. The van der Waals surface area contributed by atoms with Gasteiger partial charge in [-0.2, -0.15) is 0 Å². The van der Waals surface area contributed by atoms with Gasteiger partial charge in [-0.1, -0.05) is 36.4 Å². The molecule has 6 nitrogen and oxygen atoms in total. The monoisotopic (exact) mass is 456 g/mol. The van der Waals surface area contributed by atoms with Crippen LogP contribution in [-0.2, 0) is 13.1 Å². The number of carbonyl (C=O) groups excluding carboxylic acids is 1. The zero-order valence-electron chi connectivity index (χ0n) is 19.0. The maximum atomic E-state index is 15.4. The van der Waals surface area contributed by atoms with E-state index in [9.17, 15) is 4.79 Å². The normalized spacial score (nSPS) is 15.3. The molecular weight excluding hydrogens is 431 g/mol. The number of benzene rings is 3. The van der Waals surface area contributed by atoms with Crippen LogP contribution in [0.5, 0.6) is 5.75 Å². The summed E-state index contributed by atoms with van der Waals surface area (Å²) >= 11 is 0. The Kier molecular flexibility index (Phi) is 5.96. The number of ether oxygens (including phenoxy) is 1. The summed E-state index contributed by atoms with van der Waals surface area (Å²) in [6.07, 6.45) is 1.63. The fourth-order valence-corrected chi connectivity index (χ4v) is 4.47. The van der Waals surface area contributed by atoms with Crippen LogP contribution in [0.15, 0.2) is 73.1 Å². The topological polar surface area (TPSA) is 68.2 Å². The van der Waals surface area contributed by atoms with Crippen molar-refractivity contribution in [1.29, 1.82) is 0 Å². The largest absolute Gasteiger partial charge is 0.497 e. The summed E-state index contributed by atoms with van der Waals surface area (Å²) in [5.74, 6) is 0.0976. The number of nitrogens with zero attached hydrogens (tertiary/aromatic N) is 2. The molecule has 0 amide bonds. The van der Waals surface area contributed by atoms with Gasteiger partial charge in [0.2, 0.25) is 5.78 Å². The predicted octanol–water partition coefficient (Wildman–Crippen LogP) is 4.43. The SMILES string of the molecule is CNCc1ccccc1-c1ccc(C2NCc3ncn(-c4ccc(OC)cc4)c3C2=O)c(F)c1. The lowest BCUT2D eigenvalue weighted by Gasteiger charge is -2.24. The molecule has 2 N–H and O–H groups in total. The third-order valence-electron chi connectivity index (χ3n) is 6.17. The number of ketones is 1. The molecule has 5 rings (SSSR count). The van der Waals surface area contributed by atoms with Crippen molar-refractivity contribution >= 4 is 5.78 Å². The molecule has 0 bridgehead atoms. The third kappa shape index (κ3) is 3.89. The minimum Gasteiger partial charge on any atom is -0.497 e. The highest BCUT2D eigenvalue weighted by molar-refractivity contribution is 6.01. The van der Waals surface area contributed by atoms with Gasteiger partial charge in [0.15, 0.2) is 0 Å². The molecule has 34 heavy (non-hydrogen) atoms. The van der Waals surface area contributed by atoms with E-state index in [1.165, 1.54) is 6.07 Å². The molecular formula is C27H25FN4O2.